The number of nitrogens with zero attached hydrogens (tertiary/aromatic N) is 1. The highest BCUT2D eigenvalue weighted by Gasteiger charge is 2.25. The summed E-state index contributed by atoms with van der Waals surface area (Å²) in [5, 5.41) is 11.8. The van der Waals surface area contributed by atoms with Crippen molar-refractivity contribution < 1.29 is 28.5 Å². The van der Waals surface area contributed by atoms with Crippen molar-refractivity contribution in [3.05, 3.63) is 57.9 Å². The number of aryl methyl sites for hydroxylation is 1. The molecule has 0 spiro atoms. The smallest absolute Gasteiger partial charge is 0.200 e. The van der Waals surface area contributed by atoms with Gasteiger partial charge < -0.3 is 33.4 Å². The Morgan fingerprint density at radius 3 is 2.74 bits per heavy atom. The Hall–Kier alpha value is -3.52. The van der Waals surface area contributed by atoms with E-state index in [0.717, 1.165) is 30.4 Å². The van der Waals surface area contributed by atoms with Crippen molar-refractivity contribution in [1.29, 1.82) is 0 Å². The van der Waals surface area contributed by atoms with E-state index < -0.39 is 12.2 Å². The number of amides is 1. The van der Waals surface area contributed by atoms with Gasteiger partial charge in [-0.1, -0.05) is 19.4 Å². The first-order valence-electron chi connectivity index (χ1n) is 11.6. The number of ether oxygens (including phenoxy) is 3. The van der Waals surface area contributed by atoms with Crippen molar-refractivity contribution in [2.75, 3.05) is 32.9 Å². The molecule has 0 aliphatic carbocycles. The molecule has 1 saturated heterocycles. The first-order valence-corrected chi connectivity index (χ1v) is 11.6. The fourth-order valence-corrected chi connectivity index (χ4v) is 4.56. The molecule has 8 heteroatoms. The molecule has 34 heavy (non-hydrogen) atoms. The summed E-state index contributed by atoms with van der Waals surface area (Å²) in [5.41, 5.74) is 3.22. The average molecular weight is 464 g/mol. The Kier molecular flexibility index (Phi) is 6.15. The summed E-state index contributed by atoms with van der Waals surface area (Å²) in [6.07, 6.45) is 2.20. The second-order valence-corrected chi connectivity index (χ2v) is 8.56. The number of fused-ring (bicyclic) bond motifs is 2. The SMILES string of the molecule is CCCc1cc2c(=O)c(-c3ccc4c(c3)OCCCO4)coc2cc1C1CN(C(=O)[O-])CCO1. The molecule has 8 nitrogen and oxygen atoms in total. The normalized spacial score (nSPS) is 18.0. The number of hydrogen-bond acceptors (Lipinski definition) is 7. The van der Waals surface area contributed by atoms with Crippen molar-refractivity contribution in [3.8, 4) is 22.6 Å². The van der Waals surface area contributed by atoms with Crippen molar-refractivity contribution in [2.24, 2.45) is 0 Å². The van der Waals surface area contributed by atoms with Gasteiger partial charge in [-0.15, -0.1) is 0 Å². The number of rotatable bonds is 4. The second kappa shape index (κ2) is 9.38. The van der Waals surface area contributed by atoms with Crippen LogP contribution in [0.2, 0.25) is 0 Å². The third kappa shape index (κ3) is 4.21. The zero-order valence-electron chi connectivity index (χ0n) is 19.0. The predicted octanol–water partition coefficient (Wildman–Crippen LogP) is 3.29. The summed E-state index contributed by atoms with van der Waals surface area (Å²) >= 11 is 0. The highest BCUT2D eigenvalue weighted by Crippen LogP contribution is 2.35. The molecule has 0 radical (unpaired) electrons. The minimum atomic E-state index is -1.21. The van der Waals surface area contributed by atoms with Crippen LogP contribution in [0.1, 0.15) is 37.0 Å². The zero-order chi connectivity index (χ0) is 23.7. The average Bonchev–Trinajstić information content (AvgIpc) is 3.09. The van der Waals surface area contributed by atoms with Crippen LogP contribution in [0.25, 0.3) is 22.1 Å². The minimum absolute atomic E-state index is 0.138. The van der Waals surface area contributed by atoms with E-state index in [9.17, 15) is 14.7 Å². The molecule has 3 aromatic rings. The van der Waals surface area contributed by atoms with E-state index >= 15 is 0 Å². The summed E-state index contributed by atoms with van der Waals surface area (Å²) in [5.74, 6) is 1.28. The van der Waals surface area contributed by atoms with E-state index in [1.165, 1.54) is 11.2 Å². The Bertz CT molecular complexity index is 1280. The van der Waals surface area contributed by atoms with Crippen molar-refractivity contribution in [3.63, 3.8) is 0 Å². The molecular formula is C26H26NO7-. The Balaban J connectivity index is 1.56. The van der Waals surface area contributed by atoms with Crippen LogP contribution in [0, 0.1) is 0 Å². The van der Waals surface area contributed by atoms with Gasteiger partial charge in [-0.3, -0.25) is 4.79 Å². The van der Waals surface area contributed by atoms with E-state index in [4.69, 9.17) is 18.6 Å². The standard InChI is InChI=1S/C26H27NO7/c1-2-4-16-11-19-22(13-18(16)24-14-27(26(29)30)7-10-33-24)34-15-20(25(19)28)17-5-6-21-23(12-17)32-9-3-8-31-21/h5-6,11-13,15,24H,2-4,7-10,14H2,1H3,(H,29,30)/p-1. The van der Waals surface area contributed by atoms with Crippen LogP contribution in [0.4, 0.5) is 4.79 Å². The monoisotopic (exact) mass is 464 g/mol. The van der Waals surface area contributed by atoms with E-state index in [2.05, 4.69) is 6.92 Å². The van der Waals surface area contributed by atoms with Crippen LogP contribution in [-0.4, -0.2) is 43.9 Å². The molecule has 0 bridgehead atoms. The number of benzene rings is 2. The maximum absolute atomic E-state index is 13.5. The van der Waals surface area contributed by atoms with E-state index in [1.807, 2.05) is 30.3 Å². The van der Waals surface area contributed by atoms with Crippen LogP contribution < -0.4 is 20.0 Å². The predicted molar refractivity (Wildman–Crippen MR) is 123 cm³/mol. The van der Waals surface area contributed by atoms with Gasteiger partial charge in [0.2, 0.25) is 5.43 Å². The third-order valence-corrected chi connectivity index (χ3v) is 6.28. The third-order valence-electron chi connectivity index (χ3n) is 6.28. The van der Waals surface area contributed by atoms with Gasteiger partial charge in [0, 0.05) is 19.5 Å². The molecular weight excluding hydrogens is 438 g/mol. The number of hydrogen-bond donors (Lipinski definition) is 0. The molecule has 2 aliphatic rings. The Morgan fingerprint density at radius 1 is 1.12 bits per heavy atom. The van der Waals surface area contributed by atoms with Gasteiger partial charge in [-0.25, -0.2) is 0 Å². The molecule has 1 unspecified atom stereocenters. The lowest BCUT2D eigenvalue weighted by molar-refractivity contribution is -0.270. The molecule has 2 aliphatic heterocycles. The van der Waals surface area contributed by atoms with E-state index in [-0.39, 0.29) is 25.1 Å². The van der Waals surface area contributed by atoms with Crippen LogP contribution in [-0.2, 0) is 11.2 Å². The lowest BCUT2D eigenvalue weighted by atomic mass is 9.95. The fraction of sp³-hybridized carbons (Fsp3) is 0.385. The van der Waals surface area contributed by atoms with Gasteiger partial charge in [0.25, 0.3) is 0 Å². The molecule has 3 heterocycles. The first-order chi connectivity index (χ1) is 16.5. The van der Waals surface area contributed by atoms with Gasteiger partial charge in [0.1, 0.15) is 24.0 Å². The van der Waals surface area contributed by atoms with Crippen molar-refractivity contribution in [2.45, 2.75) is 32.3 Å². The second-order valence-electron chi connectivity index (χ2n) is 8.56. The molecule has 2 aromatic carbocycles. The lowest BCUT2D eigenvalue weighted by Crippen LogP contribution is -2.48. The summed E-state index contributed by atoms with van der Waals surface area (Å²) < 4.78 is 23.3. The summed E-state index contributed by atoms with van der Waals surface area (Å²) in [4.78, 5) is 26.1. The highest BCUT2D eigenvalue weighted by molar-refractivity contribution is 5.83. The summed E-state index contributed by atoms with van der Waals surface area (Å²) in [6.45, 7) is 3.96. The molecule has 1 aromatic heterocycles. The summed E-state index contributed by atoms with van der Waals surface area (Å²) in [7, 11) is 0. The molecule has 1 amide bonds. The first kappa shape index (κ1) is 22.3. The topological polar surface area (TPSA) is 101 Å². The van der Waals surface area contributed by atoms with Gasteiger partial charge in [-0.05, 0) is 47.4 Å². The van der Waals surface area contributed by atoms with Crippen molar-refractivity contribution in [1.82, 2.24) is 4.90 Å². The van der Waals surface area contributed by atoms with Crippen LogP contribution >= 0.6 is 0 Å². The van der Waals surface area contributed by atoms with Crippen molar-refractivity contribution >= 4 is 17.1 Å². The number of morpholine rings is 1. The number of carbonyl (C=O) groups is 1. The molecule has 0 saturated carbocycles. The quantitative estimate of drug-likeness (QED) is 0.584. The Morgan fingerprint density at radius 2 is 1.94 bits per heavy atom. The van der Waals surface area contributed by atoms with Crippen LogP contribution in [0.15, 0.2) is 45.8 Å². The summed E-state index contributed by atoms with van der Waals surface area (Å²) in [6, 6.07) is 9.12. The number of carboxylic acid groups (broad SMARTS) is 1. The Labute approximate surface area is 196 Å². The molecule has 178 valence electrons. The highest BCUT2D eigenvalue weighted by atomic mass is 16.5. The molecule has 0 N–H and O–H groups in total. The molecule has 1 fully saturated rings. The van der Waals surface area contributed by atoms with Gasteiger partial charge in [0.05, 0.1) is 30.8 Å². The van der Waals surface area contributed by atoms with E-state index in [0.29, 0.717) is 46.8 Å². The molecule has 5 rings (SSSR count). The van der Waals surface area contributed by atoms with Crippen LogP contribution in [0.5, 0.6) is 11.5 Å². The minimum Gasteiger partial charge on any atom is -0.530 e. The maximum atomic E-state index is 13.5. The zero-order valence-corrected chi connectivity index (χ0v) is 19.0. The van der Waals surface area contributed by atoms with Gasteiger partial charge >= 0.3 is 0 Å². The van der Waals surface area contributed by atoms with Crippen LogP contribution in [0.3, 0.4) is 0 Å². The fourth-order valence-electron chi connectivity index (χ4n) is 4.56. The van der Waals surface area contributed by atoms with Gasteiger partial charge in [-0.2, -0.15) is 0 Å². The maximum Gasteiger partial charge on any atom is 0.200 e. The van der Waals surface area contributed by atoms with E-state index in [1.54, 1.807) is 0 Å². The van der Waals surface area contributed by atoms with Gasteiger partial charge in [0.15, 0.2) is 11.5 Å². The lowest BCUT2D eigenvalue weighted by Gasteiger charge is -2.35. The largest absolute Gasteiger partial charge is 0.530 e. The molecule has 1 atom stereocenters. The number of carbonyl (C=O) groups excluding carboxylic acids is 1.